The van der Waals surface area contributed by atoms with Crippen LogP contribution in [0.25, 0.3) is 0 Å². The maximum absolute atomic E-state index is 11.6. The van der Waals surface area contributed by atoms with E-state index in [0.717, 1.165) is 25.8 Å². The van der Waals surface area contributed by atoms with E-state index in [-0.39, 0.29) is 18.6 Å². The first-order valence-corrected chi connectivity index (χ1v) is 5.86. The number of hydrogen-bond acceptors (Lipinski definition) is 3. The lowest BCUT2D eigenvalue weighted by molar-refractivity contribution is -0.122. The Morgan fingerprint density at radius 3 is 3.07 bits per heavy atom. The normalized spacial score (nSPS) is 22.7. The minimum Gasteiger partial charge on any atom is -0.396 e. The standard InChI is InChI=1S/C11H22N2O2/c1-9(4-3-7-14)13-11(15)8-10-5-2-6-12-10/h9-10,12,14H,2-8H2,1H3,(H,13,15). The van der Waals surface area contributed by atoms with E-state index >= 15 is 0 Å². The predicted octanol–water partition coefficient (Wildman–Crippen LogP) is 0.406. The Hall–Kier alpha value is -0.610. The molecule has 0 aromatic rings. The summed E-state index contributed by atoms with van der Waals surface area (Å²) >= 11 is 0. The number of carbonyl (C=O) groups excluding carboxylic acids is 1. The second-order valence-electron chi connectivity index (χ2n) is 4.33. The molecule has 4 heteroatoms. The SMILES string of the molecule is CC(CCCO)NC(=O)CC1CCCN1. The topological polar surface area (TPSA) is 61.4 Å². The third-order valence-corrected chi connectivity index (χ3v) is 2.80. The van der Waals surface area contributed by atoms with Gasteiger partial charge in [-0.05, 0) is 39.2 Å². The van der Waals surface area contributed by atoms with Crippen molar-refractivity contribution in [2.24, 2.45) is 0 Å². The van der Waals surface area contributed by atoms with Crippen molar-refractivity contribution in [3.63, 3.8) is 0 Å². The van der Waals surface area contributed by atoms with E-state index in [1.165, 1.54) is 6.42 Å². The van der Waals surface area contributed by atoms with Gasteiger partial charge in [0.25, 0.3) is 0 Å². The average molecular weight is 214 g/mol. The summed E-state index contributed by atoms with van der Waals surface area (Å²) < 4.78 is 0. The Labute approximate surface area is 91.4 Å². The molecule has 1 aliphatic heterocycles. The van der Waals surface area contributed by atoms with E-state index in [0.29, 0.717) is 12.5 Å². The second kappa shape index (κ2) is 6.80. The summed E-state index contributed by atoms with van der Waals surface area (Å²) in [6, 6.07) is 0.543. The summed E-state index contributed by atoms with van der Waals surface area (Å²) in [5, 5.41) is 14.9. The maximum Gasteiger partial charge on any atom is 0.221 e. The van der Waals surface area contributed by atoms with Crippen LogP contribution in [0.1, 0.15) is 39.0 Å². The molecule has 1 saturated heterocycles. The zero-order chi connectivity index (χ0) is 11.1. The Kier molecular flexibility index (Phi) is 5.65. The predicted molar refractivity (Wildman–Crippen MR) is 59.6 cm³/mol. The summed E-state index contributed by atoms with van der Waals surface area (Å²) in [7, 11) is 0. The van der Waals surface area contributed by atoms with Gasteiger partial charge in [0.1, 0.15) is 0 Å². The quantitative estimate of drug-likeness (QED) is 0.600. The Balaban J connectivity index is 2.11. The highest BCUT2D eigenvalue weighted by atomic mass is 16.2. The van der Waals surface area contributed by atoms with Gasteiger partial charge in [0.15, 0.2) is 0 Å². The molecular weight excluding hydrogens is 192 g/mol. The van der Waals surface area contributed by atoms with Gasteiger partial charge in [0.2, 0.25) is 5.91 Å². The van der Waals surface area contributed by atoms with E-state index in [2.05, 4.69) is 10.6 Å². The molecule has 15 heavy (non-hydrogen) atoms. The minimum absolute atomic E-state index is 0.125. The van der Waals surface area contributed by atoms with E-state index in [1.54, 1.807) is 0 Å². The average Bonchev–Trinajstić information content (AvgIpc) is 2.67. The van der Waals surface area contributed by atoms with Crippen LogP contribution in [-0.4, -0.2) is 36.2 Å². The van der Waals surface area contributed by atoms with Crippen molar-refractivity contribution in [3.05, 3.63) is 0 Å². The number of carbonyl (C=O) groups is 1. The Morgan fingerprint density at radius 2 is 2.47 bits per heavy atom. The van der Waals surface area contributed by atoms with Gasteiger partial charge in [0, 0.05) is 25.1 Å². The number of rotatable bonds is 6. The lowest BCUT2D eigenvalue weighted by Gasteiger charge is -2.15. The van der Waals surface area contributed by atoms with Gasteiger partial charge in [-0.25, -0.2) is 0 Å². The molecule has 0 saturated carbocycles. The van der Waals surface area contributed by atoms with Crippen molar-refractivity contribution in [3.8, 4) is 0 Å². The van der Waals surface area contributed by atoms with Gasteiger partial charge in [-0.1, -0.05) is 0 Å². The zero-order valence-electron chi connectivity index (χ0n) is 9.46. The van der Waals surface area contributed by atoms with Gasteiger partial charge in [-0.15, -0.1) is 0 Å². The maximum atomic E-state index is 11.6. The number of nitrogens with one attached hydrogen (secondary N) is 2. The molecule has 0 bridgehead atoms. The lowest BCUT2D eigenvalue weighted by Crippen LogP contribution is -2.36. The molecule has 1 fully saturated rings. The van der Waals surface area contributed by atoms with Crippen LogP contribution in [-0.2, 0) is 4.79 Å². The molecule has 0 spiro atoms. The van der Waals surface area contributed by atoms with Crippen molar-refractivity contribution in [2.75, 3.05) is 13.2 Å². The number of aliphatic hydroxyl groups excluding tert-OH is 1. The number of hydrogen-bond donors (Lipinski definition) is 3. The molecule has 1 amide bonds. The van der Waals surface area contributed by atoms with E-state index < -0.39 is 0 Å². The molecule has 4 nitrogen and oxygen atoms in total. The monoisotopic (exact) mass is 214 g/mol. The summed E-state index contributed by atoms with van der Waals surface area (Å²) in [4.78, 5) is 11.6. The smallest absolute Gasteiger partial charge is 0.221 e. The molecule has 3 N–H and O–H groups in total. The molecule has 1 aliphatic rings. The van der Waals surface area contributed by atoms with Crippen LogP contribution >= 0.6 is 0 Å². The van der Waals surface area contributed by atoms with Crippen LogP contribution in [0.15, 0.2) is 0 Å². The van der Waals surface area contributed by atoms with Gasteiger partial charge in [-0.2, -0.15) is 0 Å². The first-order valence-electron chi connectivity index (χ1n) is 5.86. The van der Waals surface area contributed by atoms with Crippen molar-refractivity contribution >= 4 is 5.91 Å². The summed E-state index contributed by atoms with van der Waals surface area (Å²) in [6.45, 7) is 3.22. The second-order valence-corrected chi connectivity index (χ2v) is 4.33. The van der Waals surface area contributed by atoms with Crippen LogP contribution < -0.4 is 10.6 Å². The van der Waals surface area contributed by atoms with Crippen LogP contribution in [0.2, 0.25) is 0 Å². The Bertz CT molecular complexity index is 191. The largest absolute Gasteiger partial charge is 0.396 e. The molecule has 0 aromatic heterocycles. The van der Waals surface area contributed by atoms with E-state index in [9.17, 15) is 4.79 Å². The highest BCUT2D eigenvalue weighted by Gasteiger charge is 2.18. The Morgan fingerprint density at radius 1 is 1.67 bits per heavy atom. The first kappa shape index (κ1) is 12.5. The first-order chi connectivity index (χ1) is 7.22. The van der Waals surface area contributed by atoms with Crippen LogP contribution in [0.5, 0.6) is 0 Å². The summed E-state index contributed by atoms with van der Waals surface area (Å²) in [6.07, 6.45) is 4.48. The van der Waals surface area contributed by atoms with Crippen molar-refractivity contribution < 1.29 is 9.90 Å². The molecule has 0 aromatic carbocycles. The van der Waals surface area contributed by atoms with E-state index in [4.69, 9.17) is 5.11 Å². The molecule has 88 valence electrons. The third kappa shape index (κ3) is 5.14. The minimum atomic E-state index is 0.125. The highest BCUT2D eigenvalue weighted by Crippen LogP contribution is 2.08. The fourth-order valence-corrected chi connectivity index (χ4v) is 1.96. The third-order valence-electron chi connectivity index (χ3n) is 2.80. The number of amides is 1. The van der Waals surface area contributed by atoms with Crippen LogP contribution in [0, 0.1) is 0 Å². The summed E-state index contributed by atoms with van der Waals surface area (Å²) in [5.41, 5.74) is 0. The van der Waals surface area contributed by atoms with Crippen LogP contribution in [0.4, 0.5) is 0 Å². The van der Waals surface area contributed by atoms with Gasteiger partial charge >= 0.3 is 0 Å². The van der Waals surface area contributed by atoms with E-state index in [1.807, 2.05) is 6.92 Å². The summed E-state index contributed by atoms with van der Waals surface area (Å²) in [5.74, 6) is 0.125. The van der Waals surface area contributed by atoms with Crippen molar-refractivity contribution in [1.29, 1.82) is 0 Å². The fraction of sp³-hybridized carbons (Fsp3) is 0.909. The zero-order valence-corrected chi connectivity index (χ0v) is 9.46. The lowest BCUT2D eigenvalue weighted by atomic mass is 10.1. The van der Waals surface area contributed by atoms with Crippen LogP contribution in [0.3, 0.4) is 0 Å². The van der Waals surface area contributed by atoms with Crippen molar-refractivity contribution in [1.82, 2.24) is 10.6 Å². The molecule has 1 rings (SSSR count). The molecule has 1 heterocycles. The fourth-order valence-electron chi connectivity index (χ4n) is 1.96. The molecule has 2 atom stereocenters. The van der Waals surface area contributed by atoms with Gasteiger partial charge in [0.05, 0.1) is 0 Å². The molecule has 2 unspecified atom stereocenters. The highest BCUT2D eigenvalue weighted by molar-refractivity contribution is 5.76. The van der Waals surface area contributed by atoms with Gasteiger partial charge in [-0.3, -0.25) is 4.79 Å². The van der Waals surface area contributed by atoms with Crippen molar-refractivity contribution in [2.45, 2.75) is 51.1 Å². The molecule has 0 aliphatic carbocycles. The van der Waals surface area contributed by atoms with Gasteiger partial charge < -0.3 is 15.7 Å². The molecule has 0 radical (unpaired) electrons. The number of aliphatic hydroxyl groups is 1. The molecular formula is C11H22N2O2.